The van der Waals surface area contributed by atoms with E-state index in [1.807, 2.05) is 13.0 Å². The number of methoxy groups -OCH3 is 1. The average molecular weight is 363 g/mol. The van der Waals surface area contributed by atoms with Crippen molar-refractivity contribution in [1.29, 1.82) is 0 Å². The molecule has 7 nitrogen and oxygen atoms in total. The molecule has 0 unspecified atom stereocenters. The summed E-state index contributed by atoms with van der Waals surface area (Å²) >= 11 is 0. The molecule has 1 atom stereocenters. The number of benzene rings is 1. The van der Waals surface area contributed by atoms with Crippen molar-refractivity contribution in [3.05, 3.63) is 28.8 Å². The molecule has 1 heterocycles. The smallest absolute Gasteiger partial charge is 0.407 e. The second-order valence-corrected chi connectivity index (χ2v) is 6.57. The fourth-order valence-corrected chi connectivity index (χ4v) is 3.40. The van der Waals surface area contributed by atoms with Gasteiger partial charge >= 0.3 is 6.09 Å². The Morgan fingerprint density at radius 2 is 2.15 bits per heavy atom. The monoisotopic (exact) mass is 363 g/mol. The van der Waals surface area contributed by atoms with E-state index in [9.17, 15) is 9.59 Å². The van der Waals surface area contributed by atoms with Crippen molar-refractivity contribution in [2.45, 2.75) is 39.2 Å². The van der Waals surface area contributed by atoms with Gasteiger partial charge in [-0.1, -0.05) is 6.07 Å². The van der Waals surface area contributed by atoms with Crippen molar-refractivity contribution >= 4 is 17.7 Å². The number of primary amides is 1. The van der Waals surface area contributed by atoms with E-state index in [1.54, 1.807) is 14.0 Å². The molecule has 1 aromatic rings. The summed E-state index contributed by atoms with van der Waals surface area (Å²) in [7, 11) is 1.69. The van der Waals surface area contributed by atoms with Crippen molar-refractivity contribution < 1.29 is 19.1 Å². The van der Waals surface area contributed by atoms with Crippen LogP contribution < -0.4 is 16.0 Å². The second kappa shape index (κ2) is 9.43. The highest BCUT2D eigenvalue weighted by Gasteiger charge is 2.25. The average Bonchev–Trinajstić information content (AvgIpc) is 2.97. The highest BCUT2D eigenvalue weighted by Crippen LogP contribution is 2.33. The van der Waals surface area contributed by atoms with Gasteiger partial charge in [-0.15, -0.1) is 0 Å². The number of carbonyl (C=O) groups is 2. The van der Waals surface area contributed by atoms with E-state index in [1.165, 1.54) is 0 Å². The standard InChI is InChI=1S/C19H29N3O4/c1-4-26-19(24)21-13(2)10-14-11-15-6-8-22(7-5-9-25-3)17(15)16(12-14)18(20)23/h11-13H,4-10H2,1-3H3,(H2,20,23)(H,21,24)/t13-/m1/s1. The number of ether oxygens (including phenoxy) is 2. The Morgan fingerprint density at radius 1 is 1.38 bits per heavy atom. The summed E-state index contributed by atoms with van der Waals surface area (Å²) in [4.78, 5) is 25.8. The van der Waals surface area contributed by atoms with Gasteiger partial charge in [0.25, 0.3) is 5.91 Å². The minimum Gasteiger partial charge on any atom is -0.450 e. The third kappa shape index (κ3) is 5.11. The van der Waals surface area contributed by atoms with Gasteiger partial charge in [0.1, 0.15) is 0 Å². The van der Waals surface area contributed by atoms with Gasteiger partial charge in [0.15, 0.2) is 0 Å². The number of nitrogens with zero attached hydrogens (tertiary/aromatic N) is 1. The van der Waals surface area contributed by atoms with E-state index in [4.69, 9.17) is 15.2 Å². The van der Waals surface area contributed by atoms with E-state index >= 15 is 0 Å². The number of fused-ring (bicyclic) bond motifs is 1. The van der Waals surface area contributed by atoms with Crippen LogP contribution in [-0.4, -0.2) is 51.5 Å². The first-order valence-corrected chi connectivity index (χ1v) is 9.09. The van der Waals surface area contributed by atoms with E-state index in [0.29, 0.717) is 25.2 Å². The number of hydrogen-bond donors (Lipinski definition) is 2. The molecule has 3 N–H and O–H groups in total. The molecule has 0 fully saturated rings. The van der Waals surface area contributed by atoms with Crippen molar-refractivity contribution in [3.63, 3.8) is 0 Å². The Hall–Kier alpha value is -2.28. The number of rotatable bonds is 9. The van der Waals surface area contributed by atoms with Crippen LogP contribution in [0.4, 0.5) is 10.5 Å². The highest BCUT2D eigenvalue weighted by atomic mass is 16.5. The lowest BCUT2D eigenvalue weighted by Crippen LogP contribution is -2.34. The molecule has 1 aliphatic rings. The van der Waals surface area contributed by atoms with Gasteiger partial charge in [0, 0.05) is 32.8 Å². The molecule has 26 heavy (non-hydrogen) atoms. The van der Waals surface area contributed by atoms with Crippen LogP contribution in [0.15, 0.2) is 12.1 Å². The van der Waals surface area contributed by atoms with E-state index in [-0.39, 0.29) is 6.04 Å². The maximum atomic E-state index is 12.0. The molecule has 144 valence electrons. The lowest BCUT2D eigenvalue weighted by Gasteiger charge is -2.22. The Kier molecular flexibility index (Phi) is 7.26. The highest BCUT2D eigenvalue weighted by molar-refractivity contribution is 6.00. The van der Waals surface area contributed by atoms with Crippen LogP contribution in [-0.2, 0) is 22.3 Å². The molecule has 0 bridgehead atoms. The number of amides is 2. The molecular formula is C19H29N3O4. The molecule has 1 aromatic carbocycles. The minimum atomic E-state index is -0.430. The van der Waals surface area contributed by atoms with Gasteiger partial charge in [0.05, 0.1) is 17.9 Å². The lowest BCUT2D eigenvalue weighted by molar-refractivity contribution is 0.100. The number of carbonyl (C=O) groups excluding carboxylic acids is 2. The van der Waals surface area contributed by atoms with Crippen molar-refractivity contribution in [2.75, 3.05) is 38.3 Å². The number of nitrogens with one attached hydrogen (secondary N) is 1. The molecular weight excluding hydrogens is 334 g/mol. The molecule has 0 aliphatic carbocycles. The zero-order valence-electron chi connectivity index (χ0n) is 15.8. The fraction of sp³-hybridized carbons (Fsp3) is 0.579. The quantitative estimate of drug-likeness (QED) is 0.653. The molecule has 2 rings (SSSR count). The maximum Gasteiger partial charge on any atom is 0.407 e. The summed E-state index contributed by atoms with van der Waals surface area (Å²) in [6.45, 7) is 6.41. The van der Waals surface area contributed by atoms with Gasteiger partial charge in [-0.2, -0.15) is 0 Å². The number of hydrogen-bond acceptors (Lipinski definition) is 5. The summed E-state index contributed by atoms with van der Waals surface area (Å²) < 4.78 is 10.0. The van der Waals surface area contributed by atoms with E-state index in [0.717, 1.165) is 42.7 Å². The van der Waals surface area contributed by atoms with Crippen LogP contribution in [0.1, 0.15) is 41.8 Å². The van der Waals surface area contributed by atoms with Gasteiger partial charge in [-0.3, -0.25) is 4.79 Å². The topological polar surface area (TPSA) is 93.9 Å². The fourth-order valence-electron chi connectivity index (χ4n) is 3.40. The van der Waals surface area contributed by atoms with Gasteiger partial charge in [0.2, 0.25) is 0 Å². The molecule has 0 spiro atoms. The van der Waals surface area contributed by atoms with Crippen LogP contribution in [0, 0.1) is 0 Å². The number of anilines is 1. The van der Waals surface area contributed by atoms with Crippen molar-refractivity contribution in [2.24, 2.45) is 5.73 Å². The van der Waals surface area contributed by atoms with E-state index < -0.39 is 12.0 Å². The molecule has 0 aromatic heterocycles. The number of alkyl carbamates (subject to hydrolysis) is 1. The summed E-state index contributed by atoms with van der Waals surface area (Å²) in [5.74, 6) is -0.423. The van der Waals surface area contributed by atoms with E-state index in [2.05, 4.69) is 16.3 Å². The molecule has 7 heteroatoms. The third-order valence-electron chi connectivity index (χ3n) is 4.44. The zero-order chi connectivity index (χ0) is 19.1. The van der Waals surface area contributed by atoms with Crippen LogP contribution in [0.2, 0.25) is 0 Å². The van der Waals surface area contributed by atoms with Crippen LogP contribution in [0.3, 0.4) is 0 Å². The molecule has 0 saturated carbocycles. The first-order valence-electron chi connectivity index (χ1n) is 9.09. The summed E-state index contributed by atoms with van der Waals surface area (Å²) in [5, 5.41) is 2.79. The summed E-state index contributed by atoms with van der Waals surface area (Å²) in [6.07, 6.45) is 1.96. The maximum absolute atomic E-state index is 12.0. The number of nitrogens with two attached hydrogens (primary N) is 1. The SMILES string of the molecule is CCOC(=O)N[C@H](C)Cc1cc2c(c(C(N)=O)c1)N(CCCOC)CC2. The zero-order valence-corrected chi connectivity index (χ0v) is 15.8. The lowest BCUT2D eigenvalue weighted by atomic mass is 9.98. The van der Waals surface area contributed by atoms with Gasteiger partial charge < -0.3 is 25.4 Å². The molecule has 0 saturated heterocycles. The van der Waals surface area contributed by atoms with Crippen molar-refractivity contribution in [3.8, 4) is 0 Å². The normalized spacial score (nSPS) is 14.0. The van der Waals surface area contributed by atoms with Crippen LogP contribution in [0.5, 0.6) is 0 Å². The van der Waals surface area contributed by atoms with Gasteiger partial charge in [-0.25, -0.2) is 4.79 Å². The van der Waals surface area contributed by atoms with Gasteiger partial charge in [-0.05, 0) is 50.3 Å². The molecule has 1 aliphatic heterocycles. The minimum absolute atomic E-state index is 0.105. The molecule has 2 amide bonds. The Morgan fingerprint density at radius 3 is 2.81 bits per heavy atom. The predicted octanol–water partition coefficient (Wildman–Crippen LogP) is 1.86. The Labute approximate surface area is 154 Å². The largest absolute Gasteiger partial charge is 0.450 e. The van der Waals surface area contributed by atoms with Crippen LogP contribution >= 0.6 is 0 Å². The third-order valence-corrected chi connectivity index (χ3v) is 4.44. The second-order valence-electron chi connectivity index (χ2n) is 6.57. The Balaban J connectivity index is 2.15. The molecule has 0 radical (unpaired) electrons. The summed E-state index contributed by atoms with van der Waals surface area (Å²) in [5.41, 5.74) is 9.27. The Bertz CT molecular complexity index is 648. The first-order chi connectivity index (χ1) is 12.5. The first kappa shape index (κ1) is 20.0. The van der Waals surface area contributed by atoms with Crippen molar-refractivity contribution in [1.82, 2.24) is 5.32 Å². The summed E-state index contributed by atoms with van der Waals surface area (Å²) in [6, 6.07) is 3.85. The predicted molar refractivity (Wildman–Crippen MR) is 101 cm³/mol. The van der Waals surface area contributed by atoms with Crippen LogP contribution in [0.25, 0.3) is 0 Å².